The van der Waals surface area contributed by atoms with E-state index in [4.69, 9.17) is 4.74 Å². The van der Waals surface area contributed by atoms with E-state index in [9.17, 15) is 24.0 Å². The Labute approximate surface area is 203 Å². The molecule has 0 aliphatic carbocycles. The van der Waals surface area contributed by atoms with Crippen LogP contribution in [0, 0.1) is 0 Å². The lowest BCUT2D eigenvalue weighted by atomic mass is 10.1. The molecule has 0 N–H and O–H groups in total. The summed E-state index contributed by atoms with van der Waals surface area (Å²) in [5.74, 6) is -1.03. The normalized spacial score (nSPS) is 15.6. The number of carbonyl (C=O) groups excluding carboxylic acids is 5. The third-order valence-electron chi connectivity index (χ3n) is 6.13. The molecule has 0 aromatic heterocycles. The number of hydrogen-bond acceptors (Lipinski definition) is 6. The van der Waals surface area contributed by atoms with Crippen molar-refractivity contribution in [2.75, 3.05) is 32.7 Å². The van der Waals surface area contributed by atoms with Gasteiger partial charge in [-0.2, -0.15) is 0 Å². The molecule has 0 unspecified atom stereocenters. The highest BCUT2D eigenvalue weighted by atomic mass is 16.5. The maximum Gasteiger partial charge on any atom is 0.308 e. The zero-order valence-electron chi connectivity index (χ0n) is 19.6. The molecule has 35 heavy (non-hydrogen) atoms. The van der Waals surface area contributed by atoms with E-state index in [0.717, 1.165) is 0 Å². The summed E-state index contributed by atoms with van der Waals surface area (Å²) >= 11 is 0. The topological polar surface area (TPSA) is 104 Å². The van der Waals surface area contributed by atoms with Crippen LogP contribution in [0.5, 0.6) is 5.75 Å². The Bertz CT molecular complexity index is 1140. The van der Waals surface area contributed by atoms with Crippen LogP contribution in [0.25, 0.3) is 0 Å². The molecule has 4 amide bonds. The minimum absolute atomic E-state index is 0.0623. The van der Waals surface area contributed by atoms with E-state index in [1.165, 1.54) is 17.9 Å². The summed E-state index contributed by atoms with van der Waals surface area (Å²) in [6.45, 7) is 3.32. The first-order valence-corrected chi connectivity index (χ1v) is 11.7. The van der Waals surface area contributed by atoms with Crippen LogP contribution >= 0.6 is 0 Å². The quantitative estimate of drug-likeness (QED) is 0.359. The van der Waals surface area contributed by atoms with Gasteiger partial charge in [-0.25, -0.2) is 0 Å². The predicted octanol–water partition coefficient (Wildman–Crippen LogP) is 2.36. The SMILES string of the molecule is CC(=O)Oc1cccc(C(=O)N2CCCN(C(=O)CCCN3C(=O)c4ccccc4C3=O)CC2)c1. The van der Waals surface area contributed by atoms with E-state index in [1.807, 2.05) is 0 Å². The van der Waals surface area contributed by atoms with Gasteiger partial charge in [0.15, 0.2) is 0 Å². The van der Waals surface area contributed by atoms with Crippen molar-refractivity contribution in [1.29, 1.82) is 0 Å². The van der Waals surface area contributed by atoms with E-state index in [-0.39, 0.29) is 36.6 Å². The molecule has 0 radical (unpaired) electrons. The van der Waals surface area contributed by atoms with Crippen molar-refractivity contribution in [1.82, 2.24) is 14.7 Å². The molecule has 0 spiro atoms. The average molecular weight is 478 g/mol. The molecular weight excluding hydrogens is 450 g/mol. The van der Waals surface area contributed by atoms with Gasteiger partial charge in [-0.05, 0) is 43.2 Å². The number of carbonyl (C=O) groups is 5. The number of rotatable bonds is 6. The highest BCUT2D eigenvalue weighted by Gasteiger charge is 2.34. The Morgan fingerprint density at radius 2 is 1.51 bits per heavy atom. The Hall–Kier alpha value is -4.01. The molecule has 2 aromatic rings. The first kappa shape index (κ1) is 24.1. The molecule has 2 heterocycles. The van der Waals surface area contributed by atoms with Crippen molar-refractivity contribution in [3.63, 3.8) is 0 Å². The molecule has 1 saturated heterocycles. The largest absolute Gasteiger partial charge is 0.427 e. The van der Waals surface area contributed by atoms with E-state index in [1.54, 1.807) is 52.3 Å². The fourth-order valence-electron chi connectivity index (χ4n) is 4.40. The lowest BCUT2D eigenvalue weighted by Gasteiger charge is -2.23. The molecule has 1 fully saturated rings. The Kier molecular flexibility index (Phi) is 7.24. The average Bonchev–Trinajstić information content (AvgIpc) is 3.01. The number of benzene rings is 2. The van der Waals surface area contributed by atoms with Crippen molar-refractivity contribution in [2.24, 2.45) is 0 Å². The molecule has 0 atom stereocenters. The fraction of sp³-hybridized carbons (Fsp3) is 0.346. The number of esters is 1. The number of imide groups is 1. The molecule has 4 rings (SSSR count). The summed E-state index contributed by atoms with van der Waals surface area (Å²) in [6, 6.07) is 13.2. The molecule has 0 bridgehead atoms. The summed E-state index contributed by atoms with van der Waals surface area (Å²) in [4.78, 5) is 66.5. The molecule has 9 nitrogen and oxygen atoms in total. The van der Waals surface area contributed by atoms with Crippen LogP contribution in [0.1, 0.15) is 57.3 Å². The van der Waals surface area contributed by atoms with Crippen molar-refractivity contribution in [3.05, 3.63) is 65.2 Å². The van der Waals surface area contributed by atoms with Gasteiger partial charge in [0.2, 0.25) is 5.91 Å². The lowest BCUT2D eigenvalue weighted by Crippen LogP contribution is -2.38. The first-order chi connectivity index (χ1) is 16.8. The first-order valence-electron chi connectivity index (χ1n) is 11.7. The van der Waals surface area contributed by atoms with Gasteiger partial charge < -0.3 is 14.5 Å². The van der Waals surface area contributed by atoms with E-state index in [2.05, 4.69) is 0 Å². The van der Waals surface area contributed by atoms with Gasteiger partial charge in [0.25, 0.3) is 17.7 Å². The standard InChI is InChI=1S/C26H27N3O6/c1-18(30)35-20-8-4-7-19(17-20)24(32)28-13-6-12-27(15-16-28)23(31)11-5-14-29-25(33)21-9-2-3-10-22(21)26(29)34/h2-4,7-10,17H,5-6,11-16H2,1H3. The summed E-state index contributed by atoms with van der Waals surface area (Å²) in [7, 11) is 0. The van der Waals surface area contributed by atoms with Crippen molar-refractivity contribution in [3.8, 4) is 5.75 Å². The van der Waals surface area contributed by atoms with Crippen molar-refractivity contribution < 1.29 is 28.7 Å². The minimum Gasteiger partial charge on any atom is -0.427 e. The monoisotopic (exact) mass is 477 g/mol. The number of ether oxygens (including phenoxy) is 1. The van der Waals surface area contributed by atoms with E-state index >= 15 is 0 Å². The maximum absolute atomic E-state index is 13.0. The molecule has 2 aliphatic rings. The summed E-state index contributed by atoms with van der Waals surface area (Å²) in [5, 5.41) is 0. The summed E-state index contributed by atoms with van der Waals surface area (Å²) < 4.78 is 5.06. The molecule has 2 aromatic carbocycles. The van der Waals surface area contributed by atoms with Crippen molar-refractivity contribution >= 4 is 29.6 Å². The zero-order valence-corrected chi connectivity index (χ0v) is 19.6. The van der Waals surface area contributed by atoms with Crippen LogP contribution in [0.2, 0.25) is 0 Å². The fourth-order valence-corrected chi connectivity index (χ4v) is 4.40. The molecule has 9 heteroatoms. The van der Waals surface area contributed by atoms with Gasteiger partial charge in [0.1, 0.15) is 5.75 Å². The summed E-state index contributed by atoms with van der Waals surface area (Å²) in [6.07, 6.45) is 1.23. The molecule has 2 aliphatic heterocycles. The molecular formula is C26H27N3O6. The summed E-state index contributed by atoms with van der Waals surface area (Å²) in [5.41, 5.74) is 1.23. The minimum atomic E-state index is -0.457. The highest BCUT2D eigenvalue weighted by molar-refractivity contribution is 6.21. The van der Waals surface area contributed by atoms with Gasteiger partial charge >= 0.3 is 5.97 Å². The predicted molar refractivity (Wildman–Crippen MR) is 126 cm³/mol. The maximum atomic E-state index is 13.0. The van der Waals surface area contributed by atoms with Gasteiger partial charge in [0.05, 0.1) is 11.1 Å². The number of nitrogens with zero attached hydrogens (tertiary/aromatic N) is 3. The van der Waals surface area contributed by atoms with Gasteiger partial charge in [-0.15, -0.1) is 0 Å². The number of fused-ring (bicyclic) bond motifs is 1. The van der Waals surface area contributed by atoms with Gasteiger partial charge in [-0.1, -0.05) is 18.2 Å². The highest BCUT2D eigenvalue weighted by Crippen LogP contribution is 2.23. The smallest absolute Gasteiger partial charge is 0.308 e. The number of amides is 4. The van der Waals surface area contributed by atoms with E-state index < -0.39 is 5.97 Å². The zero-order chi connectivity index (χ0) is 24.9. The van der Waals surface area contributed by atoms with Gasteiger partial charge in [-0.3, -0.25) is 28.9 Å². The Morgan fingerprint density at radius 1 is 0.857 bits per heavy atom. The Morgan fingerprint density at radius 3 is 2.20 bits per heavy atom. The third-order valence-corrected chi connectivity index (χ3v) is 6.13. The van der Waals surface area contributed by atoms with Crippen LogP contribution in [-0.4, -0.2) is 77.0 Å². The van der Waals surface area contributed by atoms with Crippen LogP contribution in [0.15, 0.2) is 48.5 Å². The van der Waals surface area contributed by atoms with Gasteiger partial charge in [0, 0.05) is 51.6 Å². The molecule has 0 saturated carbocycles. The molecule has 182 valence electrons. The van der Waals surface area contributed by atoms with Crippen LogP contribution in [-0.2, 0) is 9.59 Å². The number of hydrogen-bond donors (Lipinski definition) is 0. The van der Waals surface area contributed by atoms with Crippen LogP contribution in [0.4, 0.5) is 0 Å². The van der Waals surface area contributed by atoms with Crippen LogP contribution in [0.3, 0.4) is 0 Å². The lowest BCUT2D eigenvalue weighted by molar-refractivity contribution is -0.132. The van der Waals surface area contributed by atoms with Crippen LogP contribution < -0.4 is 4.74 Å². The Balaban J connectivity index is 1.27. The second kappa shape index (κ2) is 10.5. The van der Waals surface area contributed by atoms with E-state index in [0.29, 0.717) is 61.5 Å². The third kappa shape index (κ3) is 5.40. The second-order valence-electron chi connectivity index (χ2n) is 8.56. The second-order valence-corrected chi connectivity index (χ2v) is 8.56. The van der Waals surface area contributed by atoms with Crippen molar-refractivity contribution in [2.45, 2.75) is 26.2 Å².